The van der Waals surface area contributed by atoms with Crippen LogP contribution >= 0.6 is 22.7 Å². The number of aliphatic hydroxyl groups excluding tert-OH is 1. The molecular formula is C16H15NO2S2. The molecular weight excluding hydrogens is 302 g/mol. The summed E-state index contributed by atoms with van der Waals surface area (Å²) in [6.45, 7) is 0. The van der Waals surface area contributed by atoms with E-state index in [0.717, 1.165) is 26.9 Å². The van der Waals surface area contributed by atoms with Crippen molar-refractivity contribution in [1.29, 1.82) is 0 Å². The number of hydrogen-bond donors (Lipinski definition) is 1. The van der Waals surface area contributed by atoms with Crippen LogP contribution in [0, 0.1) is 0 Å². The van der Waals surface area contributed by atoms with Gasteiger partial charge < -0.3 is 9.84 Å². The minimum absolute atomic E-state index is 0.529. The van der Waals surface area contributed by atoms with E-state index in [1.54, 1.807) is 18.4 Å². The van der Waals surface area contributed by atoms with Crippen molar-refractivity contribution in [3.05, 3.63) is 57.0 Å². The summed E-state index contributed by atoms with van der Waals surface area (Å²) in [4.78, 5) is 5.51. The molecule has 0 fully saturated rings. The van der Waals surface area contributed by atoms with E-state index >= 15 is 0 Å². The summed E-state index contributed by atoms with van der Waals surface area (Å²) in [5.74, 6) is 0.790. The molecule has 3 nitrogen and oxygen atoms in total. The highest BCUT2D eigenvalue weighted by molar-refractivity contribution is 7.10. The number of nitrogens with zero attached hydrogens (tertiary/aromatic N) is 1. The van der Waals surface area contributed by atoms with Crippen LogP contribution < -0.4 is 4.74 Å². The molecule has 5 heteroatoms. The topological polar surface area (TPSA) is 42.4 Å². The van der Waals surface area contributed by atoms with Gasteiger partial charge >= 0.3 is 0 Å². The first-order chi connectivity index (χ1) is 10.3. The van der Waals surface area contributed by atoms with Crippen LogP contribution in [0.3, 0.4) is 0 Å². The molecule has 0 aliphatic rings. The largest absolute Gasteiger partial charge is 0.496 e. The molecule has 0 radical (unpaired) electrons. The SMILES string of the molecule is COc1csc(C(O)Cc2nc(-c3ccccc3)cs2)c1. The van der Waals surface area contributed by atoms with E-state index in [1.165, 1.54) is 11.3 Å². The first-order valence-corrected chi connectivity index (χ1v) is 8.32. The molecule has 21 heavy (non-hydrogen) atoms. The predicted molar refractivity (Wildman–Crippen MR) is 87.1 cm³/mol. The van der Waals surface area contributed by atoms with Crippen LogP contribution in [0.5, 0.6) is 5.75 Å². The second kappa shape index (κ2) is 6.39. The van der Waals surface area contributed by atoms with Crippen molar-refractivity contribution in [1.82, 2.24) is 4.98 Å². The summed E-state index contributed by atoms with van der Waals surface area (Å²) in [5, 5.41) is 15.2. The molecule has 0 spiro atoms. The molecule has 0 aliphatic carbocycles. The zero-order valence-corrected chi connectivity index (χ0v) is 13.2. The fourth-order valence-corrected chi connectivity index (χ4v) is 3.71. The number of hydrogen-bond acceptors (Lipinski definition) is 5. The van der Waals surface area contributed by atoms with E-state index in [1.807, 2.05) is 47.2 Å². The molecule has 1 unspecified atom stereocenters. The van der Waals surface area contributed by atoms with E-state index in [4.69, 9.17) is 4.74 Å². The van der Waals surface area contributed by atoms with E-state index in [2.05, 4.69) is 4.98 Å². The normalized spacial score (nSPS) is 12.3. The molecule has 0 aliphatic heterocycles. The number of thiophene rings is 1. The summed E-state index contributed by atoms with van der Waals surface area (Å²) in [7, 11) is 1.63. The van der Waals surface area contributed by atoms with Crippen molar-refractivity contribution >= 4 is 22.7 Å². The Balaban J connectivity index is 1.72. The monoisotopic (exact) mass is 317 g/mol. The maximum absolute atomic E-state index is 10.3. The third-order valence-electron chi connectivity index (χ3n) is 3.15. The van der Waals surface area contributed by atoms with E-state index in [-0.39, 0.29) is 0 Å². The third-order valence-corrected chi connectivity index (χ3v) is 5.03. The molecule has 3 aromatic rings. The van der Waals surface area contributed by atoms with Crippen molar-refractivity contribution < 1.29 is 9.84 Å². The molecule has 0 saturated heterocycles. The second-order valence-electron chi connectivity index (χ2n) is 4.60. The van der Waals surface area contributed by atoms with Gasteiger partial charge in [0, 0.05) is 27.6 Å². The fraction of sp³-hybridized carbons (Fsp3) is 0.188. The van der Waals surface area contributed by atoms with Gasteiger partial charge in [0.05, 0.1) is 23.9 Å². The Morgan fingerprint density at radius 2 is 2.00 bits per heavy atom. The van der Waals surface area contributed by atoms with Crippen LogP contribution in [-0.4, -0.2) is 17.2 Å². The average Bonchev–Trinajstić information content (AvgIpc) is 3.17. The lowest BCUT2D eigenvalue weighted by molar-refractivity contribution is 0.182. The molecule has 0 bridgehead atoms. The quantitative estimate of drug-likeness (QED) is 0.768. The minimum Gasteiger partial charge on any atom is -0.496 e. The van der Waals surface area contributed by atoms with Gasteiger partial charge in [-0.1, -0.05) is 30.3 Å². The van der Waals surface area contributed by atoms with Crippen molar-refractivity contribution in [3.63, 3.8) is 0 Å². The second-order valence-corrected chi connectivity index (χ2v) is 6.49. The van der Waals surface area contributed by atoms with Crippen LogP contribution in [0.4, 0.5) is 0 Å². The molecule has 1 N–H and O–H groups in total. The number of benzene rings is 1. The summed E-state index contributed by atoms with van der Waals surface area (Å²) in [5.41, 5.74) is 2.07. The molecule has 0 amide bonds. The molecule has 2 aromatic heterocycles. The lowest BCUT2D eigenvalue weighted by atomic mass is 10.2. The number of aliphatic hydroxyl groups is 1. The zero-order valence-electron chi connectivity index (χ0n) is 11.5. The Hall–Kier alpha value is -1.69. The smallest absolute Gasteiger partial charge is 0.129 e. The number of methoxy groups -OCH3 is 1. The van der Waals surface area contributed by atoms with Crippen molar-refractivity contribution in [3.8, 4) is 17.0 Å². The first kappa shape index (κ1) is 14.3. The standard InChI is InChI=1S/C16H15NO2S2/c1-19-12-7-15(20-9-12)14(18)8-16-17-13(10-21-16)11-5-3-2-4-6-11/h2-7,9-10,14,18H,8H2,1H3. The first-order valence-electron chi connectivity index (χ1n) is 6.56. The van der Waals surface area contributed by atoms with Crippen LogP contribution in [-0.2, 0) is 6.42 Å². The highest BCUT2D eigenvalue weighted by Crippen LogP contribution is 2.30. The Kier molecular flexibility index (Phi) is 4.34. The van der Waals surface area contributed by atoms with E-state index in [9.17, 15) is 5.11 Å². The number of ether oxygens (including phenoxy) is 1. The maximum atomic E-state index is 10.3. The Morgan fingerprint density at radius 1 is 1.19 bits per heavy atom. The summed E-state index contributed by atoms with van der Waals surface area (Å²) in [6, 6.07) is 12.0. The van der Waals surface area contributed by atoms with Gasteiger partial charge in [-0.3, -0.25) is 0 Å². The third kappa shape index (κ3) is 3.32. The van der Waals surface area contributed by atoms with Crippen LogP contribution in [0.25, 0.3) is 11.3 Å². The van der Waals surface area contributed by atoms with Crippen molar-refractivity contribution in [2.75, 3.05) is 7.11 Å². The summed E-state index contributed by atoms with van der Waals surface area (Å²) >= 11 is 3.09. The van der Waals surface area contributed by atoms with Gasteiger partial charge in [-0.15, -0.1) is 22.7 Å². The number of thiazole rings is 1. The van der Waals surface area contributed by atoms with Crippen LogP contribution in [0.1, 0.15) is 16.0 Å². The van der Waals surface area contributed by atoms with Gasteiger partial charge in [0.25, 0.3) is 0 Å². The lowest BCUT2D eigenvalue weighted by Crippen LogP contribution is -1.99. The van der Waals surface area contributed by atoms with Gasteiger partial charge in [-0.25, -0.2) is 4.98 Å². The molecule has 0 saturated carbocycles. The van der Waals surface area contributed by atoms with Gasteiger partial charge in [-0.2, -0.15) is 0 Å². The Morgan fingerprint density at radius 3 is 2.71 bits per heavy atom. The number of rotatable bonds is 5. The predicted octanol–water partition coefficient (Wildman–Crippen LogP) is 4.16. The van der Waals surface area contributed by atoms with Crippen LogP contribution in [0.15, 0.2) is 47.2 Å². The van der Waals surface area contributed by atoms with Crippen LogP contribution in [0.2, 0.25) is 0 Å². The molecule has 1 atom stereocenters. The van der Waals surface area contributed by atoms with Gasteiger partial charge in [0.1, 0.15) is 5.75 Å². The van der Waals surface area contributed by atoms with Gasteiger partial charge in [-0.05, 0) is 6.07 Å². The van der Waals surface area contributed by atoms with Crippen molar-refractivity contribution in [2.24, 2.45) is 0 Å². The fourth-order valence-electron chi connectivity index (χ4n) is 2.03. The summed E-state index contributed by atoms with van der Waals surface area (Å²) < 4.78 is 5.14. The average molecular weight is 317 g/mol. The lowest BCUT2D eigenvalue weighted by Gasteiger charge is -2.05. The Labute approximate surface area is 131 Å². The Bertz CT molecular complexity index is 706. The van der Waals surface area contributed by atoms with E-state index < -0.39 is 6.10 Å². The minimum atomic E-state index is -0.534. The molecule has 108 valence electrons. The molecule has 1 aromatic carbocycles. The summed E-state index contributed by atoms with van der Waals surface area (Å²) in [6.07, 6.45) is -0.00470. The molecule has 2 heterocycles. The highest BCUT2D eigenvalue weighted by Gasteiger charge is 2.14. The zero-order chi connectivity index (χ0) is 14.7. The van der Waals surface area contributed by atoms with Crippen molar-refractivity contribution in [2.45, 2.75) is 12.5 Å². The van der Waals surface area contributed by atoms with E-state index in [0.29, 0.717) is 6.42 Å². The van der Waals surface area contributed by atoms with Gasteiger partial charge in [0.2, 0.25) is 0 Å². The highest BCUT2D eigenvalue weighted by atomic mass is 32.1. The van der Waals surface area contributed by atoms with Gasteiger partial charge in [0.15, 0.2) is 0 Å². The number of aromatic nitrogens is 1. The molecule has 3 rings (SSSR count). The maximum Gasteiger partial charge on any atom is 0.129 e.